The molecule has 0 spiro atoms. The fourth-order valence-corrected chi connectivity index (χ4v) is 3.74. The van der Waals surface area contributed by atoms with Crippen LogP contribution in [0.2, 0.25) is 0 Å². The maximum absolute atomic E-state index is 12.3. The van der Waals surface area contributed by atoms with Crippen LogP contribution in [0.15, 0.2) is 54.9 Å². The van der Waals surface area contributed by atoms with Gasteiger partial charge in [-0.05, 0) is 43.0 Å². The van der Waals surface area contributed by atoms with Gasteiger partial charge in [0.05, 0.1) is 5.69 Å². The highest BCUT2D eigenvalue weighted by molar-refractivity contribution is 5.91. The van der Waals surface area contributed by atoms with E-state index in [0.29, 0.717) is 18.9 Å². The van der Waals surface area contributed by atoms with Gasteiger partial charge in [-0.1, -0.05) is 31.4 Å². The summed E-state index contributed by atoms with van der Waals surface area (Å²) in [6.45, 7) is 0.390. The van der Waals surface area contributed by atoms with Crippen LogP contribution in [0.5, 0.6) is 5.75 Å². The second-order valence-corrected chi connectivity index (χ2v) is 7.27. The Balaban J connectivity index is 1.33. The van der Waals surface area contributed by atoms with E-state index in [1.54, 1.807) is 0 Å². The maximum Gasteiger partial charge on any atom is 0.224 e. The lowest BCUT2D eigenvalue weighted by molar-refractivity contribution is -0.117. The molecule has 140 valence electrons. The number of hydrogen-bond acceptors (Lipinski definition) is 3. The van der Waals surface area contributed by atoms with Crippen molar-refractivity contribution in [1.29, 1.82) is 0 Å². The third-order valence-electron chi connectivity index (χ3n) is 5.12. The Morgan fingerprint density at radius 3 is 2.89 bits per heavy atom. The highest BCUT2D eigenvalue weighted by atomic mass is 16.5. The minimum atomic E-state index is 0.0967. The Bertz CT molecular complexity index is 880. The van der Waals surface area contributed by atoms with Crippen LogP contribution in [0.25, 0.3) is 5.65 Å². The molecule has 5 heteroatoms. The lowest BCUT2D eigenvalue weighted by Crippen LogP contribution is -2.18. The van der Waals surface area contributed by atoms with Crippen LogP contribution >= 0.6 is 0 Å². The first kappa shape index (κ1) is 17.6. The van der Waals surface area contributed by atoms with Crippen molar-refractivity contribution in [3.05, 3.63) is 60.6 Å². The average molecular weight is 363 g/mol. The van der Waals surface area contributed by atoms with Crippen molar-refractivity contribution >= 4 is 17.2 Å². The summed E-state index contributed by atoms with van der Waals surface area (Å²) in [5.74, 6) is 1.36. The molecule has 0 atom stereocenters. The molecule has 27 heavy (non-hydrogen) atoms. The zero-order chi connectivity index (χ0) is 18.5. The highest BCUT2D eigenvalue weighted by Crippen LogP contribution is 2.27. The van der Waals surface area contributed by atoms with Crippen LogP contribution in [0.3, 0.4) is 0 Å². The van der Waals surface area contributed by atoms with Gasteiger partial charge in [0, 0.05) is 30.6 Å². The number of nitrogens with zero attached hydrogens (tertiary/aromatic N) is 2. The topological polar surface area (TPSA) is 55.6 Å². The molecule has 0 saturated heterocycles. The average Bonchev–Trinajstić information content (AvgIpc) is 3.10. The van der Waals surface area contributed by atoms with Crippen LogP contribution < -0.4 is 10.1 Å². The molecule has 0 aliphatic heterocycles. The van der Waals surface area contributed by atoms with Gasteiger partial charge < -0.3 is 14.5 Å². The molecule has 5 nitrogen and oxygen atoms in total. The summed E-state index contributed by atoms with van der Waals surface area (Å²) >= 11 is 0. The van der Waals surface area contributed by atoms with E-state index in [1.165, 1.54) is 32.1 Å². The number of ether oxygens (including phenoxy) is 1. The minimum absolute atomic E-state index is 0.0967. The number of pyridine rings is 1. The molecule has 1 N–H and O–H groups in total. The van der Waals surface area contributed by atoms with Gasteiger partial charge in [0.1, 0.15) is 18.0 Å². The standard InChI is InChI=1S/C22H25N3O2/c26-22(13-17-7-2-1-3-8-17)24-18-9-6-10-20(14-18)27-16-19-15-25-12-5-4-11-21(25)23-19/h4-6,9-12,14-15,17H,1-3,7-8,13,16H2,(H,24,26). The van der Waals surface area contributed by atoms with Crippen molar-refractivity contribution in [2.75, 3.05) is 5.32 Å². The molecular weight excluding hydrogens is 338 g/mol. The fourth-order valence-electron chi connectivity index (χ4n) is 3.74. The first-order chi connectivity index (χ1) is 13.3. The highest BCUT2D eigenvalue weighted by Gasteiger charge is 2.17. The molecule has 1 aliphatic carbocycles. The van der Waals surface area contributed by atoms with Crippen LogP contribution in [0.4, 0.5) is 5.69 Å². The quantitative estimate of drug-likeness (QED) is 0.683. The van der Waals surface area contributed by atoms with Crippen LogP contribution in [-0.2, 0) is 11.4 Å². The van der Waals surface area contributed by atoms with Crippen LogP contribution in [0, 0.1) is 5.92 Å². The molecule has 0 radical (unpaired) electrons. The Morgan fingerprint density at radius 2 is 2.04 bits per heavy atom. The number of fused-ring (bicyclic) bond motifs is 1. The number of carbonyl (C=O) groups is 1. The third kappa shape index (κ3) is 4.67. The monoisotopic (exact) mass is 363 g/mol. The summed E-state index contributed by atoms with van der Waals surface area (Å²) in [5.41, 5.74) is 2.55. The van der Waals surface area contributed by atoms with Crippen LogP contribution in [0.1, 0.15) is 44.2 Å². The largest absolute Gasteiger partial charge is 0.487 e. The van der Waals surface area contributed by atoms with Crippen molar-refractivity contribution in [1.82, 2.24) is 9.38 Å². The number of amides is 1. The van der Waals surface area contributed by atoms with Crippen molar-refractivity contribution in [3.63, 3.8) is 0 Å². The van der Waals surface area contributed by atoms with Crippen molar-refractivity contribution in [3.8, 4) is 5.75 Å². The summed E-state index contributed by atoms with van der Waals surface area (Å²) in [6, 6.07) is 13.5. The number of hydrogen-bond donors (Lipinski definition) is 1. The zero-order valence-electron chi connectivity index (χ0n) is 15.4. The second kappa shape index (κ2) is 8.25. The van der Waals surface area contributed by atoms with E-state index in [-0.39, 0.29) is 5.91 Å². The number of rotatable bonds is 6. The van der Waals surface area contributed by atoms with Crippen molar-refractivity contribution in [2.24, 2.45) is 5.92 Å². The molecule has 0 unspecified atom stereocenters. The Labute approximate surface area is 159 Å². The number of anilines is 1. The molecule has 2 heterocycles. The van der Waals surface area contributed by atoms with E-state index in [1.807, 2.05) is 59.3 Å². The normalized spacial score (nSPS) is 15.0. The minimum Gasteiger partial charge on any atom is -0.487 e. The SMILES string of the molecule is O=C(CC1CCCCC1)Nc1cccc(OCc2cn3ccccc3n2)c1. The van der Waals surface area contributed by atoms with Gasteiger partial charge in [0.15, 0.2) is 0 Å². The fraction of sp³-hybridized carbons (Fsp3) is 0.364. The molecule has 1 amide bonds. The lowest BCUT2D eigenvalue weighted by Gasteiger charge is -2.20. The molecule has 1 aliphatic rings. The van der Waals surface area contributed by atoms with Gasteiger partial charge in [0.2, 0.25) is 5.91 Å². The van der Waals surface area contributed by atoms with Gasteiger partial charge in [-0.2, -0.15) is 0 Å². The number of imidazole rings is 1. The van der Waals surface area contributed by atoms with Crippen molar-refractivity contribution in [2.45, 2.75) is 45.1 Å². The van der Waals surface area contributed by atoms with Crippen LogP contribution in [-0.4, -0.2) is 15.3 Å². The molecule has 0 bridgehead atoms. The molecule has 1 fully saturated rings. The van der Waals surface area contributed by atoms with E-state index in [0.717, 1.165) is 22.8 Å². The number of aromatic nitrogens is 2. The number of carbonyl (C=O) groups excluding carboxylic acids is 1. The summed E-state index contributed by atoms with van der Waals surface area (Å²) in [7, 11) is 0. The van der Waals surface area contributed by atoms with Gasteiger partial charge in [-0.3, -0.25) is 4.79 Å². The lowest BCUT2D eigenvalue weighted by atomic mass is 9.87. The Kier molecular flexibility index (Phi) is 5.37. The van der Waals surface area contributed by atoms with Gasteiger partial charge in [0.25, 0.3) is 0 Å². The maximum atomic E-state index is 12.3. The molecule has 3 aromatic rings. The molecule has 1 saturated carbocycles. The number of nitrogens with one attached hydrogen (secondary N) is 1. The van der Waals surface area contributed by atoms with E-state index < -0.39 is 0 Å². The summed E-state index contributed by atoms with van der Waals surface area (Å²) in [5, 5.41) is 3.01. The summed E-state index contributed by atoms with van der Waals surface area (Å²) in [6.07, 6.45) is 10.7. The number of benzene rings is 1. The third-order valence-corrected chi connectivity index (χ3v) is 5.12. The van der Waals surface area contributed by atoms with E-state index >= 15 is 0 Å². The van der Waals surface area contributed by atoms with Gasteiger partial charge >= 0.3 is 0 Å². The van der Waals surface area contributed by atoms with E-state index in [2.05, 4.69) is 10.3 Å². The Hall–Kier alpha value is -2.82. The zero-order valence-corrected chi connectivity index (χ0v) is 15.4. The second-order valence-electron chi connectivity index (χ2n) is 7.27. The van der Waals surface area contributed by atoms with Crippen molar-refractivity contribution < 1.29 is 9.53 Å². The van der Waals surface area contributed by atoms with Gasteiger partial charge in [-0.15, -0.1) is 0 Å². The van der Waals surface area contributed by atoms with Gasteiger partial charge in [-0.25, -0.2) is 4.98 Å². The van der Waals surface area contributed by atoms with E-state index in [4.69, 9.17) is 4.74 Å². The van der Waals surface area contributed by atoms with E-state index in [9.17, 15) is 4.79 Å². The summed E-state index contributed by atoms with van der Waals surface area (Å²) in [4.78, 5) is 16.8. The molecular formula is C22H25N3O2. The Morgan fingerprint density at radius 1 is 1.15 bits per heavy atom. The predicted octanol–water partition coefficient (Wildman–Crippen LogP) is 4.82. The molecule has 1 aromatic carbocycles. The first-order valence-corrected chi connectivity index (χ1v) is 9.71. The smallest absolute Gasteiger partial charge is 0.224 e. The molecule has 2 aromatic heterocycles. The first-order valence-electron chi connectivity index (χ1n) is 9.71. The molecule has 4 rings (SSSR count). The predicted molar refractivity (Wildman–Crippen MR) is 106 cm³/mol. The summed E-state index contributed by atoms with van der Waals surface area (Å²) < 4.78 is 7.84.